The molecule has 62 heavy (non-hydrogen) atoms. The lowest BCUT2D eigenvalue weighted by atomic mass is 9.82. The van der Waals surface area contributed by atoms with Crippen molar-refractivity contribution in [3.63, 3.8) is 0 Å². The molecule has 1 heterocycles. The number of hydrogen-bond donors (Lipinski definition) is 0. The predicted octanol–water partition coefficient (Wildman–Crippen LogP) is 14.5. The Balaban J connectivity index is 1.11. The Bertz CT molecular complexity index is 3830. The van der Waals surface area contributed by atoms with Gasteiger partial charge in [0.1, 0.15) is 0 Å². The summed E-state index contributed by atoms with van der Waals surface area (Å²) in [6, 6.07) is 74.2. The number of nitrogens with zero attached hydrogens (tertiary/aromatic N) is 1. The Labute approximate surface area is 359 Å². The van der Waals surface area contributed by atoms with Gasteiger partial charge in [0.2, 0.25) is 0 Å². The zero-order valence-corrected chi connectivity index (χ0v) is 35.3. The Morgan fingerprint density at radius 2 is 0.839 bits per heavy atom. The fourth-order valence-corrected chi connectivity index (χ4v) is 14.1. The quantitative estimate of drug-likeness (QED) is 0.128. The van der Waals surface area contributed by atoms with Crippen LogP contribution in [0.4, 0.5) is 0 Å². The summed E-state index contributed by atoms with van der Waals surface area (Å²) in [7, 11) is -3.41. The maximum Gasteiger partial charge on any atom is 0.172 e. The third kappa shape index (κ3) is 4.79. The minimum absolute atomic E-state index is 0.161. The van der Waals surface area contributed by atoms with E-state index in [0.29, 0.717) is 0 Å². The molecular formula is C59H40NOP. The highest BCUT2D eigenvalue weighted by atomic mass is 31.2. The Hall–Kier alpha value is -7.25. The normalized spacial score (nSPS) is 13.5. The van der Waals surface area contributed by atoms with E-state index in [9.17, 15) is 0 Å². The number of benzene rings is 11. The van der Waals surface area contributed by atoms with Gasteiger partial charge >= 0.3 is 0 Å². The van der Waals surface area contributed by atoms with Crippen molar-refractivity contribution in [2.45, 2.75) is 19.3 Å². The molecule has 0 amide bonds. The van der Waals surface area contributed by atoms with Gasteiger partial charge in [-0.15, -0.1) is 0 Å². The molecule has 2 nitrogen and oxygen atoms in total. The maximum absolute atomic E-state index is 16.5. The van der Waals surface area contributed by atoms with E-state index in [1.54, 1.807) is 0 Å². The third-order valence-electron chi connectivity index (χ3n) is 14.0. The van der Waals surface area contributed by atoms with Crippen LogP contribution in [0.3, 0.4) is 0 Å². The van der Waals surface area contributed by atoms with Crippen LogP contribution >= 0.6 is 7.14 Å². The average Bonchev–Trinajstić information content (AvgIpc) is 3.76. The van der Waals surface area contributed by atoms with Crippen molar-refractivity contribution >= 4 is 98.7 Å². The van der Waals surface area contributed by atoms with Gasteiger partial charge in [0.15, 0.2) is 7.14 Å². The van der Waals surface area contributed by atoms with Crippen molar-refractivity contribution < 1.29 is 4.57 Å². The minimum atomic E-state index is -3.41. The van der Waals surface area contributed by atoms with E-state index >= 15 is 4.57 Å². The fourth-order valence-electron chi connectivity index (χ4n) is 11.1. The highest BCUT2D eigenvalue weighted by Gasteiger charge is 2.37. The molecule has 13 rings (SSSR count). The predicted molar refractivity (Wildman–Crippen MR) is 265 cm³/mol. The van der Waals surface area contributed by atoms with Crippen LogP contribution < -0.4 is 15.9 Å². The van der Waals surface area contributed by atoms with E-state index in [-0.39, 0.29) is 5.41 Å². The fraction of sp³-hybridized carbons (Fsp3) is 0.0508. The van der Waals surface area contributed by atoms with Gasteiger partial charge in [-0.05, 0) is 125 Å². The van der Waals surface area contributed by atoms with Crippen molar-refractivity contribution in [3.05, 3.63) is 217 Å². The maximum atomic E-state index is 16.5. The van der Waals surface area contributed by atoms with E-state index in [1.165, 1.54) is 70.9 Å². The number of aromatic nitrogens is 1. The van der Waals surface area contributed by atoms with Gasteiger partial charge in [0, 0.05) is 37.8 Å². The smallest absolute Gasteiger partial charge is 0.172 e. The SMILES string of the molecule is CC1(C)c2ccccc2-c2cc3c4cc5c6ccccc6c6ccccc6c5cc4n(-c4ccc(P(=O)(c5cccc6ccccc56)c5cccc6ccccc56)cc4)c3cc21. The molecule has 1 aromatic heterocycles. The molecule has 12 aromatic rings. The van der Waals surface area contributed by atoms with Gasteiger partial charge in [0.05, 0.1) is 11.0 Å². The molecule has 1 aliphatic carbocycles. The van der Waals surface area contributed by atoms with Crippen molar-refractivity contribution in [2.24, 2.45) is 0 Å². The monoisotopic (exact) mass is 809 g/mol. The summed E-state index contributed by atoms with van der Waals surface area (Å²) in [5, 5.41) is 16.7. The molecule has 0 spiro atoms. The number of hydrogen-bond acceptors (Lipinski definition) is 1. The van der Waals surface area contributed by atoms with Crippen LogP contribution in [0.2, 0.25) is 0 Å². The van der Waals surface area contributed by atoms with E-state index in [1.807, 2.05) is 0 Å². The van der Waals surface area contributed by atoms with Crippen LogP contribution in [0.1, 0.15) is 25.0 Å². The molecule has 0 unspecified atom stereocenters. The van der Waals surface area contributed by atoms with Gasteiger partial charge in [-0.2, -0.15) is 0 Å². The zero-order valence-electron chi connectivity index (χ0n) is 34.4. The molecule has 3 heteroatoms. The second-order valence-corrected chi connectivity index (χ2v) is 20.2. The van der Waals surface area contributed by atoms with Crippen LogP contribution in [0.25, 0.3) is 92.5 Å². The Morgan fingerprint density at radius 3 is 1.45 bits per heavy atom. The van der Waals surface area contributed by atoms with Gasteiger partial charge in [-0.1, -0.05) is 172 Å². The first-order valence-corrected chi connectivity index (χ1v) is 23.2. The molecule has 0 bridgehead atoms. The zero-order chi connectivity index (χ0) is 41.3. The molecule has 0 atom stereocenters. The summed E-state index contributed by atoms with van der Waals surface area (Å²) in [6.07, 6.45) is 0. The van der Waals surface area contributed by atoms with Crippen molar-refractivity contribution in [1.82, 2.24) is 4.57 Å². The largest absolute Gasteiger partial charge is 0.309 e. The van der Waals surface area contributed by atoms with Crippen molar-refractivity contribution in [2.75, 3.05) is 0 Å². The van der Waals surface area contributed by atoms with E-state index < -0.39 is 7.14 Å². The molecule has 0 saturated carbocycles. The van der Waals surface area contributed by atoms with Crippen LogP contribution in [-0.2, 0) is 9.98 Å². The van der Waals surface area contributed by atoms with E-state index in [4.69, 9.17) is 0 Å². The molecule has 0 radical (unpaired) electrons. The summed E-state index contributed by atoms with van der Waals surface area (Å²) in [5.41, 5.74) is 8.52. The van der Waals surface area contributed by atoms with Crippen molar-refractivity contribution in [3.8, 4) is 16.8 Å². The number of fused-ring (bicyclic) bond motifs is 14. The van der Waals surface area contributed by atoms with Gasteiger partial charge in [-0.25, -0.2) is 0 Å². The Morgan fingerprint density at radius 1 is 0.371 bits per heavy atom. The second kappa shape index (κ2) is 12.9. The number of rotatable bonds is 4. The van der Waals surface area contributed by atoms with Crippen LogP contribution in [0.5, 0.6) is 0 Å². The topological polar surface area (TPSA) is 22.0 Å². The molecule has 0 saturated heterocycles. The minimum Gasteiger partial charge on any atom is -0.309 e. The van der Waals surface area contributed by atoms with Gasteiger partial charge in [0.25, 0.3) is 0 Å². The Kier molecular flexibility index (Phi) is 7.38. The molecular weight excluding hydrogens is 770 g/mol. The molecule has 11 aromatic carbocycles. The molecule has 0 fully saturated rings. The summed E-state index contributed by atoms with van der Waals surface area (Å²) in [6.45, 7) is 4.71. The summed E-state index contributed by atoms with van der Waals surface area (Å²) >= 11 is 0. The highest BCUT2D eigenvalue weighted by Crippen LogP contribution is 2.52. The molecule has 292 valence electrons. The van der Waals surface area contributed by atoms with Gasteiger partial charge in [-0.3, -0.25) is 0 Å². The average molecular weight is 810 g/mol. The standard InChI is InChI=1S/C59H40NOP/c1-59(2)53-26-12-11-25-47(53)50-34-52-51-33-48-45-23-9-7-21-43(45)44-22-8-10-24-46(44)49(48)35-55(51)60(56(52)36-54(50)59)39-29-31-40(32-30-39)62(61,57-27-13-17-37-15-3-5-19-41(37)57)58-28-14-18-38-16-4-6-20-42(38)58/h3-36H,1-2H3. The third-order valence-corrected chi connectivity index (χ3v) is 17.2. The van der Waals surface area contributed by atoms with Crippen LogP contribution in [0, 0.1) is 0 Å². The van der Waals surface area contributed by atoms with E-state index in [2.05, 4.69) is 225 Å². The molecule has 0 N–H and O–H groups in total. The summed E-state index contributed by atoms with van der Waals surface area (Å²) in [5.74, 6) is 0. The van der Waals surface area contributed by atoms with E-state index in [0.717, 1.165) is 48.7 Å². The summed E-state index contributed by atoms with van der Waals surface area (Å²) in [4.78, 5) is 0. The lowest BCUT2D eigenvalue weighted by molar-refractivity contribution is 0.593. The first kappa shape index (κ1) is 35.5. The highest BCUT2D eigenvalue weighted by molar-refractivity contribution is 7.86. The lowest BCUT2D eigenvalue weighted by Gasteiger charge is -2.24. The first-order chi connectivity index (χ1) is 30.4. The van der Waals surface area contributed by atoms with Crippen LogP contribution in [-0.4, -0.2) is 4.57 Å². The van der Waals surface area contributed by atoms with Crippen molar-refractivity contribution in [1.29, 1.82) is 0 Å². The lowest BCUT2D eigenvalue weighted by Crippen LogP contribution is -2.26. The first-order valence-electron chi connectivity index (χ1n) is 21.5. The van der Waals surface area contributed by atoms with Gasteiger partial charge < -0.3 is 9.13 Å². The van der Waals surface area contributed by atoms with Crippen LogP contribution in [0.15, 0.2) is 206 Å². The second-order valence-electron chi connectivity index (χ2n) is 17.5. The molecule has 0 aliphatic heterocycles. The summed E-state index contributed by atoms with van der Waals surface area (Å²) < 4.78 is 19.0. The molecule has 1 aliphatic rings.